The Morgan fingerprint density at radius 3 is 2.62 bits per heavy atom. The fourth-order valence-electron chi connectivity index (χ4n) is 2.48. The molecule has 102 valence electrons. The van der Waals surface area contributed by atoms with E-state index in [1.165, 1.54) is 11.5 Å². The number of fused-ring (bicyclic) bond motifs is 2. The van der Waals surface area contributed by atoms with Crippen molar-refractivity contribution in [3.8, 4) is 11.4 Å². The van der Waals surface area contributed by atoms with Gasteiger partial charge in [0.15, 0.2) is 0 Å². The van der Waals surface area contributed by atoms with Crippen molar-refractivity contribution < 1.29 is 4.39 Å². The molecule has 3 aromatic carbocycles. The first kappa shape index (κ1) is 12.5. The molecule has 2 nitrogen and oxygen atoms in total. The third kappa shape index (κ3) is 2.12. The molecule has 0 bridgehead atoms. The Kier molecular flexibility index (Phi) is 2.79. The first-order chi connectivity index (χ1) is 10.2. The van der Waals surface area contributed by atoms with Crippen molar-refractivity contribution in [2.24, 2.45) is 0 Å². The van der Waals surface area contributed by atoms with Gasteiger partial charge in [-0.05, 0) is 38.8 Å². The highest BCUT2D eigenvalue weighted by atomic mass is 79.9. The molecule has 4 rings (SSSR count). The lowest BCUT2D eigenvalue weighted by atomic mass is 10.1. The molecule has 0 radical (unpaired) electrons. The van der Waals surface area contributed by atoms with Gasteiger partial charge in [0.1, 0.15) is 11.6 Å². The van der Waals surface area contributed by atoms with E-state index in [1.807, 2.05) is 18.2 Å². The van der Waals surface area contributed by atoms with E-state index >= 15 is 0 Å². The average Bonchev–Trinajstić information content (AvgIpc) is 2.90. The minimum atomic E-state index is -0.295. The van der Waals surface area contributed by atoms with Crippen molar-refractivity contribution in [2.45, 2.75) is 0 Å². The second-order valence-corrected chi connectivity index (χ2v) is 5.79. The van der Waals surface area contributed by atoms with Crippen molar-refractivity contribution in [2.75, 3.05) is 0 Å². The fraction of sp³-hybridized carbons (Fsp3) is 0. The van der Waals surface area contributed by atoms with Gasteiger partial charge in [-0.25, -0.2) is 9.37 Å². The quantitative estimate of drug-likeness (QED) is 0.501. The zero-order chi connectivity index (χ0) is 14.4. The Bertz CT molecular complexity index is 936. The molecule has 1 N–H and O–H groups in total. The summed E-state index contributed by atoms with van der Waals surface area (Å²) in [7, 11) is 0. The third-order valence-corrected chi connectivity index (χ3v) is 4.15. The molecule has 0 amide bonds. The molecule has 1 heterocycles. The van der Waals surface area contributed by atoms with Gasteiger partial charge in [-0.1, -0.05) is 36.4 Å². The number of rotatable bonds is 1. The molecular weight excluding hydrogens is 331 g/mol. The lowest BCUT2D eigenvalue weighted by Crippen LogP contribution is -1.80. The number of hydrogen-bond acceptors (Lipinski definition) is 1. The molecule has 0 saturated carbocycles. The number of aromatic amines is 1. The summed E-state index contributed by atoms with van der Waals surface area (Å²) in [5, 5.41) is 2.34. The van der Waals surface area contributed by atoms with Crippen molar-refractivity contribution in [3.05, 3.63) is 64.9 Å². The van der Waals surface area contributed by atoms with Crippen LogP contribution in [0.2, 0.25) is 0 Å². The van der Waals surface area contributed by atoms with Crippen LogP contribution in [0.15, 0.2) is 59.1 Å². The van der Waals surface area contributed by atoms with E-state index in [1.54, 1.807) is 6.07 Å². The molecule has 0 fully saturated rings. The number of aromatic nitrogens is 2. The van der Waals surface area contributed by atoms with Gasteiger partial charge in [-0.15, -0.1) is 0 Å². The summed E-state index contributed by atoms with van der Waals surface area (Å²) in [4.78, 5) is 7.71. The van der Waals surface area contributed by atoms with E-state index in [0.717, 1.165) is 22.3 Å². The number of nitrogens with one attached hydrogen (secondary N) is 1. The second kappa shape index (κ2) is 4.67. The van der Waals surface area contributed by atoms with Crippen LogP contribution in [0.1, 0.15) is 0 Å². The van der Waals surface area contributed by atoms with Crippen LogP contribution in [0.5, 0.6) is 0 Å². The Morgan fingerprint density at radius 1 is 0.952 bits per heavy atom. The van der Waals surface area contributed by atoms with Gasteiger partial charge in [0, 0.05) is 11.6 Å². The number of H-pyrrole nitrogens is 1. The van der Waals surface area contributed by atoms with Crippen LogP contribution in [0.4, 0.5) is 4.39 Å². The second-order valence-electron chi connectivity index (χ2n) is 4.93. The van der Waals surface area contributed by atoms with Gasteiger partial charge in [0.05, 0.1) is 15.5 Å². The van der Waals surface area contributed by atoms with E-state index in [9.17, 15) is 4.39 Å². The molecule has 0 saturated heterocycles. The van der Waals surface area contributed by atoms with Crippen LogP contribution in [0.25, 0.3) is 33.2 Å². The lowest BCUT2D eigenvalue weighted by Gasteiger charge is -2.00. The predicted molar refractivity (Wildman–Crippen MR) is 86.7 cm³/mol. The minimum Gasteiger partial charge on any atom is -0.338 e. The normalized spacial score (nSPS) is 11.3. The van der Waals surface area contributed by atoms with E-state index in [4.69, 9.17) is 0 Å². The summed E-state index contributed by atoms with van der Waals surface area (Å²) < 4.78 is 14.0. The van der Waals surface area contributed by atoms with Crippen LogP contribution in [-0.4, -0.2) is 9.97 Å². The molecule has 4 heteroatoms. The summed E-state index contributed by atoms with van der Waals surface area (Å²) in [6.07, 6.45) is 0. The maximum atomic E-state index is 13.6. The minimum absolute atomic E-state index is 0.295. The highest BCUT2D eigenvalue weighted by molar-refractivity contribution is 9.10. The van der Waals surface area contributed by atoms with E-state index in [0.29, 0.717) is 9.99 Å². The number of imidazole rings is 1. The molecule has 4 aromatic rings. The molecule has 0 atom stereocenters. The molecule has 1 aromatic heterocycles. The highest BCUT2D eigenvalue weighted by Gasteiger charge is 2.09. The van der Waals surface area contributed by atoms with Crippen molar-refractivity contribution in [1.82, 2.24) is 9.97 Å². The van der Waals surface area contributed by atoms with Gasteiger partial charge in [-0.2, -0.15) is 0 Å². The van der Waals surface area contributed by atoms with Crippen molar-refractivity contribution >= 4 is 37.7 Å². The largest absolute Gasteiger partial charge is 0.338 e. The molecule has 0 aliphatic carbocycles. The highest BCUT2D eigenvalue weighted by Crippen LogP contribution is 2.27. The molecule has 0 aliphatic rings. The number of hydrogen-bond donors (Lipinski definition) is 1. The van der Waals surface area contributed by atoms with E-state index < -0.39 is 0 Å². The lowest BCUT2D eigenvalue weighted by molar-refractivity contribution is 0.623. The van der Waals surface area contributed by atoms with Gasteiger partial charge in [0.2, 0.25) is 0 Å². The molecule has 0 unspecified atom stereocenters. The summed E-state index contributed by atoms with van der Waals surface area (Å²) in [5.41, 5.74) is 2.42. The SMILES string of the molecule is Fc1cc2[nH]c(-c3ccc4ccccc4c3)nc2cc1Br. The first-order valence-corrected chi connectivity index (χ1v) is 7.34. The average molecular weight is 341 g/mol. The van der Waals surface area contributed by atoms with Crippen LogP contribution in [0.3, 0.4) is 0 Å². The summed E-state index contributed by atoms with van der Waals surface area (Å²) >= 11 is 3.19. The maximum Gasteiger partial charge on any atom is 0.139 e. The summed E-state index contributed by atoms with van der Waals surface area (Å²) in [6, 6.07) is 17.5. The van der Waals surface area contributed by atoms with Crippen molar-refractivity contribution in [1.29, 1.82) is 0 Å². The molecule has 21 heavy (non-hydrogen) atoms. The molecular formula is C17H10BrFN2. The number of benzene rings is 3. The monoisotopic (exact) mass is 340 g/mol. The fourth-order valence-corrected chi connectivity index (χ4v) is 2.81. The Morgan fingerprint density at radius 2 is 1.76 bits per heavy atom. The van der Waals surface area contributed by atoms with Crippen LogP contribution >= 0.6 is 15.9 Å². The van der Waals surface area contributed by atoms with E-state index in [-0.39, 0.29) is 5.82 Å². The predicted octanol–water partition coefficient (Wildman–Crippen LogP) is 5.28. The van der Waals surface area contributed by atoms with Crippen molar-refractivity contribution in [3.63, 3.8) is 0 Å². The number of halogens is 2. The maximum absolute atomic E-state index is 13.6. The van der Waals surface area contributed by atoms with Crippen LogP contribution < -0.4 is 0 Å². The molecule has 0 aliphatic heterocycles. The summed E-state index contributed by atoms with van der Waals surface area (Å²) in [6.45, 7) is 0. The standard InChI is InChI=1S/C17H10BrFN2/c18-13-8-15-16(9-14(13)19)21-17(20-15)12-6-5-10-3-1-2-4-11(10)7-12/h1-9H,(H,20,21). The third-order valence-electron chi connectivity index (χ3n) is 3.55. The zero-order valence-electron chi connectivity index (χ0n) is 10.9. The topological polar surface area (TPSA) is 28.7 Å². The Balaban J connectivity index is 1.91. The van der Waals surface area contributed by atoms with Crippen LogP contribution in [-0.2, 0) is 0 Å². The zero-order valence-corrected chi connectivity index (χ0v) is 12.5. The number of nitrogens with zero attached hydrogens (tertiary/aromatic N) is 1. The van der Waals surface area contributed by atoms with Gasteiger partial charge >= 0.3 is 0 Å². The van der Waals surface area contributed by atoms with Gasteiger partial charge in [0.25, 0.3) is 0 Å². The Hall–Kier alpha value is -2.20. The van der Waals surface area contributed by atoms with Gasteiger partial charge < -0.3 is 4.98 Å². The van der Waals surface area contributed by atoms with Crippen LogP contribution in [0, 0.1) is 5.82 Å². The van der Waals surface area contributed by atoms with Gasteiger partial charge in [-0.3, -0.25) is 0 Å². The summed E-state index contributed by atoms with van der Waals surface area (Å²) in [5.74, 6) is 0.449. The first-order valence-electron chi connectivity index (χ1n) is 6.55. The Labute approximate surface area is 128 Å². The smallest absolute Gasteiger partial charge is 0.139 e. The molecule has 0 spiro atoms. The van der Waals surface area contributed by atoms with E-state index in [2.05, 4.69) is 50.2 Å².